The summed E-state index contributed by atoms with van der Waals surface area (Å²) in [5.74, 6) is 1.43. The number of nitrogens with one attached hydrogen (secondary N) is 2. The Morgan fingerprint density at radius 3 is 2.55 bits per heavy atom. The monoisotopic (exact) mass is 281 g/mol. The summed E-state index contributed by atoms with van der Waals surface area (Å²) in [6.45, 7) is 6.09. The highest BCUT2D eigenvalue weighted by Crippen LogP contribution is 2.35. The van der Waals surface area contributed by atoms with Gasteiger partial charge in [-0.3, -0.25) is 15.0 Å². The van der Waals surface area contributed by atoms with Crippen LogP contribution in [0.1, 0.15) is 46.0 Å². The molecular weight excluding hydrogens is 254 g/mol. The van der Waals surface area contributed by atoms with E-state index in [1.807, 2.05) is 13.8 Å². The molecule has 1 heterocycles. The quantitative estimate of drug-likeness (QED) is 0.828. The summed E-state index contributed by atoms with van der Waals surface area (Å²) in [5.41, 5.74) is 0. The average Bonchev–Trinajstić information content (AvgIpc) is 2.37. The van der Waals surface area contributed by atoms with Gasteiger partial charge in [-0.25, -0.2) is 4.79 Å². The molecule has 1 saturated carbocycles. The lowest BCUT2D eigenvalue weighted by Gasteiger charge is -2.41. The molecule has 1 saturated heterocycles. The van der Waals surface area contributed by atoms with Crippen LogP contribution in [0, 0.1) is 11.8 Å². The smallest absolute Gasteiger partial charge is 0.321 e. The summed E-state index contributed by atoms with van der Waals surface area (Å²) >= 11 is 0. The zero-order valence-electron chi connectivity index (χ0n) is 12.7. The maximum atomic E-state index is 11.8. The Balaban J connectivity index is 1.73. The minimum Gasteiger partial charge on any atom is -0.336 e. The molecule has 2 N–H and O–H groups in total. The third-order valence-corrected chi connectivity index (χ3v) is 4.42. The predicted molar refractivity (Wildman–Crippen MR) is 78.3 cm³/mol. The molecule has 0 aromatic rings. The lowest BCUT2D eigenvalue weighted by atomic mass is 9.75. The molecule has 1 aliphatic heterocycles. The summed E-state index contributed by atoms with van der Waals surface area (Å²) in [7, 11) is 0. The molecule has 3 amide bonds. The number of carbonyl (C=O) groups excluding carboxylic acids is 2. The maximum Gasteiger partial charge on any atom is 0.321 e. The highest BCUT2D eigenvalue weighted by Gasteiger charge is 2.31. The Morgan fingerprint density at radius 2 is 1.85 bits per heavy atom. The van der Waals surface area contributed by atoms with Crippen LogP contribution in [0.25, 0.3) is 0 Å². The summed E-state index contributed by atoms with van der Waals surface area (Å²) in [5, 5.41) is 5.07. The van der Waals surface area contributed by atoms with Gasteiger partial charge in [-0.1, -0.05) is 19.3 Å². The van der Waals surface area contributed by atoms with E-state index in [2.05, 4.69) is 15.5 Å². The average molecular weight is 281 g/mol. The highest BCUT2D eigenvalue weighted by atomic mass is 16.2. The van der Waals surface area contributed by atoms with E-state index in [9.17, 15) is 9.59 Å². The number of hydrogen-bond acceptors (Lipinski definition) is 3. The molecule has 2 aliphatic rings. The van der Waals surface area contributed by atoms with Gasteiger partial charge in [-0.15, -0.1) is 0 Å². The van der Waals surface area contributed by atoms with Crippen molar-refractivity contribution in [1.29, 1.82) is 0 Å². The summed E-state index contributed by atoms with van der Waals surface area (Å²) in [4.78, 5) is 25.5. The first-order valence-corrected chi connectivity index (χ1v) is 7.87. The first-order valence-electron chi connectivity index (χ1n) is 7.87. The molecule has 5 heteroatoms. The van der Waals surface area contributed by atoms with E-state index in [1.54, 1.807) is 0 Å². The molecular formula is C15H27N3O2. The number of amides is 3. The van der Waals surface area contributed by atoms with E-state index in [1.165, 1.54) is 32.1 Å². The third kappa shape index (κ3) is 4.47. The molecule has 0 unspecified atom stereocenters. The topological polar surface area (TPSA) is 61.4 Å². The molecule has 0 aromatic carbocycles. The van der Waals surface area contributed by atoms with Crippen LogP contribution in [0.5, 0.6) is 0 Å². The lowest BCUT2D eigenvalue weighted by molar-refractivity contribution is -0.121. The zero-order chi connectivity index (χ0) is 14.5. The number of piperidine rings is 1. The van der Waals surface area contributed by atoms with Crippen molar-refractivity contribution in [2.45, 2.75) is 52.0 Å². The largest absolute Gasteiger partial charge is 0.336 e. The van der Waals surface area contributed by atoms with Crippen LogP contribution >= 0.6 is 0 Å². The highest BCUT2D eigenvalue weighted by molar-refractivity contribution is 5.95. The van der Waals surface area contributed by atoms with E-state index in [4.69, 9.17) is 0 Å². The minimum atomic E-state index is -0.391. The Bertz CT molecular complexity index is 357. The van der Waals surface area contributed by atoms with Crippen molar-refractivity contribution in [3.63, 3.8) is 0 Å². The van der Waals surface area contributed by atoms with Crippen molar-refractivity contribution < 1.29 is 9.59 Å². The van der Waals surface area contributed by atoms with Crippen molar-refractivity contribution in [1.82, 2.24) is 15.5 Å². The molecule has 2 rings (SSSR count). The van der Waals surface area contributed by atoms with E-state index >= 15 is 0 Å². The van der Waals surface area contributed by atoms with Gasteiger partial charge in [0.1, 0.15) is 0 Å². The van der Waals surface area contributed by atoms with Crippen LogP contribution in [0.15, 0.2) is 0 Å². The van der Waals surface area contributed by atoms with Crippen molar-refractivity contribution in [3.8, 4) is 0 Å². The predicted octanol–water partition coefficient (Wildman–Crippen LogP) is 1.73. The molecule has 0 radical (unpaired) electrons. The second-order valence-corrected chi connectivity index (χ2v) is 6.50. The van der Waals surface area contributed by atoms with Crippen LogP contribution in [0.4, 0.5) is 4.79 Å². The zero-order valence-corrected chi connectivity index (χ0v) is 12.7. The fraction of sp³-hybridized carbons (Fsp3) is 0.867. The van der Waals surface area contributed by atoms with Crippen molar-refractivity contribution >= 4 is 11.9 Å². The van der Waals surface area contributed by atoms with Crippen LogP contribution in [0.2, 0.25) is 0 Å². The minimum absolute atomic E-state index is 0.0424. The van der Waals surface area contributed by atoms with Gasteiger partial charge in [-0.2, -0.15) is 0 Å². The molecule has 2 atom stereocenters. The third-order valence-electron chi connectivity index (χ3n) is 4.42. The first kappa shape index (κ1) is 15.3. The van der Waals surface area contributed by atoms with Gasteiger partial charge < -0.3 is 5.32 Å². The van der Waals surface area contributed by atoms with E-state index < -0.39 is 6.03 Å². The molecule has 1 aliphatic carbocycles. The van der Waals surface area contributed by atoms with E-state index in [0.29, 0.717) is 6.54 Å². The number of rotatable bonds is 3. The van der Waals surface area contributed by atoms with Crippen LogP contribution in [-0.2, 0) is 4.79 Å². The SMILES string of the molecule is CC(C)NC(=O)NC(=O)CN1CC[C@@H]2CCCC[C@@H]2C1. The van der Waals surface area contributed by atoms with Crippen molar-refractivity contribution in [2.75, 3.05) is 19.6 Å². The Kier molecular flexibility index (Phi) is 5.40. The van der Waals surface area contributed by atoms with Gasteiger partial charge in [0.25, 0.3) is 0 Å². The Hall–Kier alpha value is -1.10. The van der Waals surface area contributed by atoms with Crippen molar-refractivity contribution in [3.05, 3.63) is 0 Å². The summed E-state index contributed by atoms with van der Waals surface area (Å²) < 4.78 is 0. The molecule has 5 nitrogen and oxygen atoms in total. The number of carbonyl (C=O) groups is 2. The second kappa shape index (κ2) is 7.07. The standard InChI is InChI=1S/C15H27N3O2/c1-11(2)16-15(20)17-14(19)10-18-8-7-12-5-3-4-6-13(12)9-18/h11-13H,3-10H2,1-2H3,(H2,16,17,19,20)/t12-,13+/m0/s1. The number of urea groups is 1. The number of nitrogens with zero attached hydrogens (tertiary/aromatic N) is 1. The maximum absolute atomic E-state index is 11.8. The Morgan fingerprint density at radius 1 is 1.15 bits per heavy atom. The van der Waals surface area contributed by atoms with Crippen molar-refractivity contribution in [2.24, 2.45) is 11.8 Å². The molecule has 20 heavy (non-hydrogen) atoms. The molecule has 2 fully saturated rings. The molecule has 0 spiro atoms. The molecule has 114 valence electrons. The Labute approximate surface area is 121 Å². The summed E-state index contributed by atoms with van der Waals surface area (Å²) in [6, 6.07) is -0.349. The molecule has 0 bridgehead atoms. The molecule has 0 aromatic heterocycles. The summed E-state index contributed by atoms with van der Waals surface area (Å²) in [6.07, 6.45) is 6.57. The van der Waals surface area contributed by atoms with E-state index in [-0.39, 0.29) is 11.9 Å². The van der Waals surface area contributed by atoms with Gasteiger partial charge in [0.05, 0.1) is 6.54 Å². The van der Waals surface area contributed by atoms with Gasteiger partial charge in [0, 0.05) is 12.6 Å². The lowest BCUT2D eigenvalue weighted by Crippen LogP contribution is -2.49. The number of hydrogen-bond donors (Lipinski definition) is 2. The fourth-order valence-corrected chi connectivity index (χ4v) is 3.49. The van der Waals surface area contributed by atoms with Gasteiger partial charge in [0.15, 0.2) is 0 Å². The van der Waals surface area contributed by atoms with Gasteiger partial charge in [-0.05, 0) is 45.1 Å². The number of fused-ring (bicyclic) bond motifs is 1. The fourth-order valence-electron chi connectivity index (χ4n) is 3.49. The van der Waals surface area contributed by atoms with Crippen LogP contribution < -0.4 is 10.6 Å². The first-order chi connectivity index (χ1) is 9.54. The number of imide groups is 1. The number of likely N-dealkylation sites (tertiary alicyclic amines) is 1. The van der Waals surface area contributed by atoms with Gasteiger partial charge in [0.2, 0.25) is 5.91 Å². The van der Waals surface area contributed by atoms with Crippen LogP contribution in [-0.4, -0.2) is 42.5 Å². The normalized spacial score (nSPS) is 26.9. The van der Waals surface area contributed by atoms with Gasteiger partial charge >= 0.3 is 6.03 Å². The van der Waals surface area contributed by atoms with E-state index in [0.717, 1.165) is 24.9 Å². The van der Waals surface area contributed by atoms with Crippen LogP contribution in [0.3, 0.4) is 0 Å². The second-order valence-electron chi connectivity index (χ2n) is 6.50.